The first-order valence-corrected chi connectivity index (χ1v) is 9.05. The quantitative estimate of drug-likeness (QED) is 0.568. The Morgan fingerprint density at radius 3 is 2.64 bits per heavy atom. The lowest BCUT2D eigenvalue weighted by molar-refractivity contribution is -0.142. The van der Waals surface area contributed by atoms with Crippen molar-refractivity contribution in [3.8, 4) is 0 Å². The summed E-state index contributed by atoms with van der Waals surface area (Å²) in [6.45, 7) is 2.76. The second-order valence-corrected chi connectivity index (χ2v) is 6.82. The summed E-state index contributed by atoms with van der Waals surface area (Å²) in [5.41, 5.74) is 3.07. The third kappa shape index (κ3) is 3.36. The smallest absolute Gasteiger partial charge is 0.314 e. The topological polar surface area (TPSA) is 48.3 Å². The molecule has 1 atom stereocenters. The van der Waals surface area contributed by atoms with Crippen LogP contribution in [-0.2, 0) is 22.5 Å². The molecular formula is C20H22ClNO3. The molecule has 0 radical (unpaired) electrons. The predicted octanol–water partition coefficient (Wildman–Crippen LogP) is 4.38. The van der Waals surface area contributed by atoms with E-state index in [2.05, 4.69) is 6.92 Å². The zero-order valence-corrected chi connectivity index (χ0v) is 15.3. The van der Waals surface area contributed by atoms with Gasteiger partial charge in [0.15, 0.2) is 0 Å². The Labute approximate surface area is 152 Å². The van der Waals surface area contributed by atoms with E-state index in [4.69, 9.17) is 16.3 Å². The maximum Gasteiger partial charge on any atom is 0.314 e. The molecule has 1 aliphatic rings. The van der Waals surface area contributed by atoms with E-state index in [1.54, 1.807) is 6.07 Å². The number of ether oxygens (including phenoxy) is 1. The minimum Gasteiger partial charge on any atom is -0.469 e. The van der Waals surface area contributed by atoms with Crippen molar-refractivity contribution in [2.75, 3.05) is 7.11 Å². The number of nitrogens with zero attached hydrogens (tertiary/aromatic N) is 1. The third-order valence-corrected chi connectivity index (χ3v) is 5.10. The number of methoxy groups -OCH3 is 1. The molecule has 1 aliphatic heterocycles. The van der Waals surface area contributed by atoms with Gasteiger partial charge in [0, 0.05) is 17.8 Å². The fourth-order valence-corrected chi connectivity index (χ4v) is 3.72. The maximum atomic E-state index is 12.9. The van der Waals surface area contributed by atoms with E-state index in [1.165, 1.54) is 12.7 Å². The van der Waals surface area contributed by atoms with E-state index in [-0.39, 0.29) is 17.7 Å². The summed E-state index contributed by atoms with van der Waals surface area (Å²) in [5, 5.41) is 0.392. The summed E-state index contributed by atoms with van der Waals surface area (Å²) in [5.74, 6) is -0.739. The summed E-state index contributed by atoms with van der Waals surface area (Å²) in [6.07, 6.45) is 3.94. The van der Waals surface area contributed by atoms with Gasteiger partial charge in [0.25, 0.3) is 0 Å². The Morgan fingerprint density at radius 2 is 2.00 bits per heavy atom. The van der Waals surface area contributed by atoms with Crippen LogP contribution in [-0.4, -0.2) is 23.4 Å². The van der Waals surface area contributed by atoms with Gasteiger partial charge in [-0.25, -0.2) is 0 Å². The number of halogens is 1. The van der Waals surface area contributed by atoms with E-state index in [1.807, 2.05) is 28.8 Å². The highest BCUT2D eigenvalue weighted by Crippen LogP contribution is 2.36. The lowest BCUT2D eigenvalue weighted by Gasteiger charge is -2.07. The van der Waals surface area contributed by atoms with Crippen molar-refractivity contribution in [3.63, 3.8) is 0 Å². The Bertz CT molecular complexity index is 792. The second kappa shape index (κ2) is 7.44. The molecule has 3 rings (SSSR count). The number of unbranched alkanes of at least 4 members (excludes halogenated alkanes) is 1. The lowest BCUT2D eigenvalue weighted by Crippen LogP contribution is -2.12. The standard InChI is InChI=1S/C20H22ClNO3/c1-3-4-5-13-6-8-14(9-7-13)19(23)18-16(21)12-17-15(20(24)25-2)10-11-22(17)18/h6-9,12,15H,3-5,10-11H2,1-2H3. The average molecular weight is 360 g/mol. The Hall–Kier alpha value is -2.07. The molecule has 0 amide bonds. The molecule has 0 spiro atoms. The number of hydrogen-bond acceptors (Lipinski definition) is 3. The van der Waals surface area contributed by atoms with Crippen LogP contribution in [0.15, 0.2) is 30.3 Å². The monoisotopic (exact) mass is 359 g/mol. The van der Waals surface area contributed by atoms with Crippen LogP contribution in [0.25, 0.3) is 0 Å². The van der Waals surface area contributed by atoms with Crippen LogP contribution in [0.4, 0.5) is 0 Å². The van der Waals surface area contributed by atoms with Gasteiger partial charge in [0.2, 0.25) is 5.78 Å². The Kier molecular flexibility index (Phi) is 5.28. The summed E-state index contributed by atoms with van der Waals surface area (Å²) >= 11 is 6.33. The minimum absolute atomic E-state index is 0.108. The number of fused-ring (bicyclic) bond motifs is 1. The van der Waals surface area contributed by atoms with Crippen LogP contribution >= 0.6 is 11.6 Å². The molecule has 0 saturated carbocycles. The van der Waals surface area contributed by atoms with Crippen molar-refractivity contribution >= 4 is 23.4 Å². The Morgan fingerprint density at radius 1 is 1.28 bits per heavy atom. The van der Waals surface area contributed by atoms with E-state index < -0.39 is 0 Å². The summed E-state index contributed by atoms with van der Waals surface area (Å²) < 4.78 is 6.71. The Balaban J connectivity index is 1.87. The largest absolute Gasteiger partial charge is 0.469 e. The molecule has 0 bridgehead atoms. The van der Waals surface area contributed by atoms with Gasteiger partial charge in [-0.15, -0.1) is 0 Å². The number of hydrogen-bond donors (Lipinski definition) is 0. The van der Waals surface area contributed by atoms with E-state index in [9.17, 15) is 9.59 Å². The van der Waals surface area contributed by atoms with Crippen molar-refractivity contribution in [2.45, 2.75) is 45.1 Å². The maximum absolute atomic E-state index is 12.9. The molecule has 0 aliphatic carbocycles. The molecule has 0 N–H and O–H groups in total. The SMILES string of the molecule is CCCCc1ccc(C(=O)c2c(Cl)cc3n2CCC3C(=O)OC)cc1. The lowest BCUT2D eigenvalue weighted by atomic mass is 10.0. The number of carbonyl (C=O) groups excluding carboxylic acids is 2. The number of benzene rings is 1. The van der Waals surface area contributed by atoms with Crippen LogP contribution in [0.3, 0.4) is 0 Å². The molecule has 1 unspecified atom stereocenters. The first-order valence-electron chi connectivity index (χ1n) is 8.67. The van der Waals surface area contributed by atoms with Crippen molar-refractivity contribution in [2.24, 2.45) is 0 Å². The van der Waals surface area contributed by atoms with E-state index in [0.717, 1.165) is 25.0 Å². The van der Waals surface area contributed by atoms with Gasteiger partial charge < -0.3 is 9.30 Å². The van der Waals surface area contributed by atoms with Gasteiger partial charge in [0.1, 0.15) is 5.69 Å². The summed E-state index contributed by atoms with van der Waals surface area (Å²) in [4.78, 5) is 24.8. The van der Waals surface area contributed by atoms with Crippen LogP contribution in [0.5, 0.6) is 0 Å². The van der Waals surface area contributed by atoms with E-state index in [0.29, 0.717) is 29.2 Å². The highest BCUT2D eigenvalue weighted by molar-refractivity contribution is 6.35. The van der Waals surface area contributed by atoms with Crippen LogP contribution in [0.2, 0.25) is 5.02 Å². The second-order valence-electron chi connectivity index (χ2n) is 6.41. The van der Waals surface area contributed by atoms with Gasteiger partial charge in [-0.05, 0) is 30.9 Å². The van der Waals surface area contributed by atoms with Crippen LogP contribution in [0, 0.1) is 0 Å². The molecular weight excluding hydrogens is 338 g/mol. The van der Waals surface area contributed by atoms with Gasteiger partial charge >= 0.3 is 5.97 Å². The fraction of sp³-hybridized carbons (Fsp3) is 0.400. The number of ketones is 1. The van der Waals surface area contributed by atoms with Crippen molar-refractivity contribution in [3.05, 3.63) is 57.9 Å². The van der Waals surface area contributed by atoms with Crippen molar-refractivity contribution in [1.29, 1.82) is 0 Å². The highest BCUT2D eigenvalue weighted by atomic mass is 35.5. The van der Waals surface area contributed by atoms with Crippen LogP contribution in [0.1, 0.15) is 59.4 Å². The van der Waals surface area contributed by atoms with Gasteiger partial charge in [-0.2, -0.15) is 0 Å². The summed E-state index contributed by atoms with van der Waals surface area (Å²) in [7, 11) is 1.38. The fourth-order valence-electron chi connectivity index (χ4n) is 3.42. The zero-order chi connectivity index (χ0) is 18.0. The zero-order valence-electron chi connectivity index (χ0n) is 14.5. The molecule has 4 nitrogen and oxygen atoms in total. The molecule has 2 heterocycles. The molecule has 1 aromatic carbocycles. The predicted molar refractivity (Wildman–Crippen MR) is 97.3 cm³/mol. The molecule has 1 aromatic heterocycles. The van der Waals surface area contributed by atoms with Gasteiger partial charge in [-0.3, -0.25) is 9.59 Å². The third-order valence-electron chi connectivity index (χ3n) is 4.82. The first kappa shape index (κ1) is 17.7. The van der Waals surface area contributed by atoms with Crippen LogP contribution < -0.4 is 0 Å². The first-order chi connectivity index (χ1) is 12.1. The molecule has 5 heteroatoms. The van der Waals surface area contributed by atoms with Gasteiger partial charge in [-0.1, -0.05) is 49.2 Å². The highest BCUT2D eigenvalue weighted by Gasteiger charge is 2.34. The number of aryl methyl sites for hydroxylation is 1. The molecule has 0 saturated heterocycles. The number of aromatic nitrogens is 1. The average Bonchev–Trinajstić information content (AvgIpc) is 3.16. The number of esters is 1. The van der Waals surface area contributed by atoms with Crippen molar-refractivity contribution < 1.29 is 14.3 Å². The molecule has 0 fully saturated rings. The molecule has 132 valence electrons. The normalized spacial score (nSPS) is 15.9. The van der Waals surface area contributed by atoms with E-state index >= 15 is 0 Å². The van der Waals surface area contributed by atoms with Gasteiger partial charge in [0.05, 0.1) is 18.1 Å². The summed E-state index contributed by atoms with van der Waals surface area (Å²) in [6, 6.07) is 9.44. The van der Waals surface area contributed by atoms with Crippen molar-refractivity contribution in [1.82, 2.24) is 4.57 Å². The molecule has 25 heavy (non-hydrogen) atoms. The molecule has 2 aromatic rings. The number of rotatable bonds is 6. The number of carbonyl (C=O) groups is 2. The minimum atomic E-state index is -0.347.